The maximum absolute atomic E-state index is 12.7. The predicted octanol–water partition coefficient (Wildman–Crippen LogP) is 4.52. The second-order valence-corrected chi connectivity index (χ2v) is 4.33. The fraction of sp³-hybridized carbons (Fsp3) is 0.455. The zero-order valence-corrected chi connectivity index (χ0v) is 10.0. The first kappa shape index (κ1) is 12.8. The van der Waals surface area contributed by atoms with Crippen LogP contribution in [0, 0.1) is 0 Å². The number of thioether (sulfide) groups is 1. The molecule has 4 heteroatoms. The van der Waals surface area contributed by atoms with Crippen molar-refractivity contribution in [2.75, 3.05) is 12.1 Å². The van der Waals surface area contributed by atoms with Crippen molar-refractivity contribution in [1.29, 1.82) is 0 Å². The van der Waals surface area contributed by atoms with Crippen molar-refractivity contribution in [2.24, 2.45) is 0 Å². The molecule has 0 amide bonds. The number of halogens is 3. The number of hydrogen-bond acceptors (Lipinski definition) is 1. The average Bonchev–Trinajstić information content (AvgIpc) is 2.25. The number of aryl methyl sites for hydroxylation is 1. The number of rotatable bonds is 5. The quantitative estimate of drug-likeness (QED) is 0.547. The lowest BCUT2D eigenvalue weighted by molar-refractivity contribution is 0.148. The monoisotopic (exact) mass is 250 g/mol. The third-order valence-corrected chi connectivity index (χ3v) is 3.32. The Morgan fingerprint density at radius 1 is 1.40 bits per heavy atom. The minimum atomic E-state index is -2.40. The van der Waals surface area contributed by atoms with E-state index >= 15 is 0 Å². The van der Waals surface area contributed by atoms with Crippen molar-refractivity contribution >= 4 is 23.4 Å². The average molecular weight is 251 g/mol. The van der Waals surface area contributed by atoms with Gasteiger partial charge in [0.25, 0.3) is 6.43 Å². The molecule has 0 saturated carbocycles. The van der Waals surface area contributed by atoms with Crippen LogP contribution in [0.4, 0.5) is 8.78 Å². The van der Waals surface area contributed by atoms with E-state index in [0.717, 1.165) is 18.4 Å². The van der Waals surface area contributed by atoms with Gasteiger partial charge in [0.15, 0.2) is 0 Å². The van der Waals surface area contributed by atoms with Gasteiger partial charge < -0.3 is 0 Å². The summed E-state index contributed by atoms with van der Waals surface area (Å²) in [4.78, 5) is 0.706. The largest absolute Gasteiger partial charge is 0.264 e. The normalized spacial score (nSPS) is 11.0. The highest BCUT2D eigenvalue weighted by Gasteiger charge is 2.14. The van der Waals surface area contributed by atoms with Crippen LogP contribution in [0.3, 0.4) is 0 Å². The molecule has 1 rings (SSSR count). The molecule has 0 unspecified atom stereocenters. The molecule has 84 valence electrons. The third-order valence-electron chi connectivity index (χ3n) is 2.15. The van der Waals surface area contributed by atoms with Crippen LogP contribution in [0.2, 0.25) is 0 Å². The third kappa shape index (κ3) is 3.35. The molecular formula is C11H13ClF2S. The molecule has 0 aliphatic rings. The molecule has 1 aromatic carbocycles. The lowest BCUT2D eigenvalue weighted by Gasteiger charge is -2.11. The zero-order valence-electron chi connectivity index (χ0n) is 8.47. The first-order valence-electron chi connectivity index (χ1n) is 4.70. The summed E-state index contributed by atoms with van der Waals surface area (Å²) in [6, 6.07) is 5.07. The SMILES string of the molecule is CSc1c(CCCCl)cccc1C(F)F. The van der Waals surface area contributed by atoms with Gasteiger partial charge in [-0.1, -0.05) is 18.2 Å². The van der Waals surface area contributed by atoms with Gasteiger partial charge in [0.1, 0.15) is 0 Å². The van der Waals surface area contributed by atoms with Crippen LogP contribution < -0.4 is 0 Å². The summed E-state index contributed by atoms with van der Waals surface area (Å²) in [5.41, 5.74) is 1.11. The van der Waals surface area contributed by atoms with E-state index in [2.05, 4.69) is 0 Å². The molecule has 0 fully saturated rings. The van der Waals surface area contributed by atoms with E-state index in [-0.39, 0.29) is 5.56 Å². The molecule has 0 spiro atoms. The summed E-state index contributed by atoms with van der Waals surface area (Å²) in [6.45, 7) is 0. The minimum Gasteiger partial charge on any atom is -0.205 e. The summed E-state index contributed by atoms with van der Waals surface area (Å²) in [6.07, 6.45) is 1.01. The van der Waals surface area contributed by atoms with E-state index < -0.39 is 6.43 Å². The fourth-order valence-corrected chi connectivity index (χ4v) is 2.44. The van der Waals surface area contributed by atoms with Crippen molar-refractivity contribution < 1.29 is 8.78 Å². The molecule has 1 aromatic rings. The van der Waals surface area contributed by atoms with Gasteiger partial charge in [-0.25, -0.2) is 8.78 Å². The molecular weight excluding hydrogens is 238 g/mol. The van der Waals surface area contributed by atoms with Crippen LogP contribution in [0.1, 0.15) is 24.0 Å². The van der Waals surface area contributed by atoms with E-state index in [1.165, 1.54) is 17.8 Å². The van der Waals surface area contributed by atoms with Crippen LogP contribution in [-0.4, -0.2) is 12.1 Å². The lowest BCUT2D eigenvalue weighted by Crippen LogP contribution is -1.95. The summed E-state index contributed by atoms with van der Waals surface area (Å²) in [5.74, 6) is 0.562. The van der Waals surface area contributed by atoms with Gasteiger partial charge in [0, 0.05) is 16.3 Å². The summed E-state index contributed by atoms with van der Waals surface area (Å²) < 4.78 is 25.4. The Morgan fingerprint density at radius 2 is 2.13 bits per heavy atom. The molecule has 0 aliphatic heterocycles. The standard InChI is InChI=1S/C11H13ClF2S/c1-15-10-8(5-3-7-12)4-2-6-9(10)11(13)14/h2,4,6,11H,3,5,7H2,1H3. The van der Waals surface area contributed by atoms with Gasteiger partial charge in [-0.2, -0.15) is 0 Å². The van der Waals surface area contributed by atoms with Crippen LogP contribution >= 0.6 is 23.4 Å². The smallest absolute Gasteiger partial charge is 0.205 e. The van der Waals surface area contributed by atoms with Crippen LogP contribution in [0.5, 0.6) is 0 Å². The zero-order chi connectivity index (χ0) is 11.3. The van der Waals surface area contributed by atoms with E-state index in [0.29, 0.717) is 10.8 Å². The highest BCUT2D eigenvalue weighted by atomic mass is 35.5. The lowest BCUT2D eigenvalue weighted by atomic mass is 10.1. The Balaban J connectivity index is 2.99. The molecule has 0 saturated heterocycles. The molecule has 0 aliphatic carbocycles. The van der Waals surface area contributed by atoms with Crippen molar-refractivity contribution in [2.45, 2.75) is 24.2 Å². The Labute approximate surface area is 98.0 Å². The van der Waals surface area contributed by atoms with Crippen molar-refractivity contribution in [3.8, 4) is 0 Å². The Hall–Kier alpha value is -0.280. The van der Waals surface area contributed by atoms with Gasteiger partial charge in [0.05, 0.1) is 0 Å². The molecule has 0 radical (unpaired) electrons. The first-order chi connectivity index (χ1) is 7.20. The minimum absolute atomic E-state index is 0.134. The highest BCUT2D eigenvalue weighted by Crippen LogP contribution is 2.32. The number of benzene rings is 1. The molecule has 0 heterocycles. The first-order valence-corrected chi connectivity index (χ1v) is 6.46. The Morgan fingerprint density at radius 3 is 2.67 bits per heavy atom. The maximum atomic E-state index is 12.7. The number of hydrogen-bond donors (Lipinski definition) is 0. The second kappa shape index (κ2) is 6.33. The highest BCUT2D eigenvalue weighted by molar-refractivity contribution is 7.98. The summed E-state index contributed by atoms with van der Waals surface area (Å²) in [5, 5.41) is 0. The van der Waals surface area contributed by atoms with Gasteiger partial charge in [-0.3, -0.25) is 0 Å². The topological polar surface area (TPSA) is 0 Å². The van der Waals surface area contributed by atoms with Crippen LogP contribution in [0.15, 0.2) is 23.1 Å². The molecule has 0 nitrogen and oxygen atoms in total. The fourth-order valence-electron chi connectivity index (χ4n) is 1.48. The Bertz CT molecular complexity index is 315. The van der Waals surface area contributed by atoms with Gasteiger partial charge in [0.2, 0.25) is 0 Å². The Kier molecular flexibility index (Phi) is 5.40. The van der Waals surface area contributed by atoms with Crippen LogP contribution in [0.25, 0.3) is 0 Å². The van der Waals surface area contributed by atoms with Gasteiger partial charge in [-0.15, -0.1) is 23.4 Å². The van der Waals surface area contributed by atoms with E-state index in [1.807, 2.05) is 12.3 Å². The predicted molar refractivity (Wildman–Crippen MR) is 62.2 cm³/mol. The molecule has 0 aromatic heterocycles. The molecule has 0 N–H and O–H groups in total. The van der Waals surface area contributed by atoms with Crippen LogP contribution in [-0.2, 0) is 6.42 Å². The van der Waals surface area contributed by atoms with Crippen molar-refractivity contribution in [3.05, 3.63) is 29.3 Å². The van der Waals surface area contributed by atoms with Gasteiger partial charge in [-0.05, 0) is 24.7 Å². The van der Waals surface area contributed by atoms with E-state index in [9.17, 15) is 8.78 Å². The number of alkyl halides is 3. The van der Waals surface area contributed by atoms with Crippen molar-refractivity contribution in [3.63, 3.8) is 0 Å². The molecule has 0 bridgehead atoms. The molecule has 0 atom stereocenters. The summed E-state index contributed by atoms with van der Waals surface area (Å²) in [7, 11) is 0. The maximum Gasteiger partial charge on any atom is 0.264 e. The van der Waals surface area contributed by atoms with Crippen molar-refractivity contribution in [1.82, 2.24) is 0 Å². The van der Waals surface area contributed by atoms with E-state index in [4.69, 9.17) is 11.6 Å². The van der Waals surface area contributed by atoms with Gasteiger partial charge >= 0.3 is 0 Å². The second-order valence-electron chi connectivity index (χ2n) is 3.13. The summed E-state index contributed by atoms with van der Waals surface area (Å²) >= 11 is 6.97. The van der Waals surface area contributed by atoms with E-state index in [1.54, 1.807) is 6.07 Å². The molecule has 15 heavy (non-hydrogen) atoms.